The number of thiophene rings is 1. The van der Waals surface area contributed by atoms with E-state index in [0.29, 0.717) is 5.96 Å². The Kier molecular flexibility index (Phi) is 10.9. The monoisotopic (exact) mass is 491 g/mol. The van der Waals surface area contributed by atoms with E-state index in [2.05, 4.69) is 37.4 Å². The van der Waals surface area contributed by atoms with Crippen LogP contribution in [0, 0.1) is 0 Å². The summed E-state index contributed by atoms with van der Waals surface area (Å²) in [6.07, 6.45) is 5.32. The Bertz CT molecular complexity index is 644. The number of hydrogen-bond donors (Lipinski definition) is 2. The van der Waals surface area contributed by atoms with Gasteiger partial charge in [-0.1, -0.05) is 11.3 Å². The van der Waals surface area contributed by atoms with Gasteiger partial charge in [0, 0.05) is 44.8 Å². The maximum atomic E-state index is 11.7. The topological polar surface area (TPSA) is 87.4 Å². The van der Waals surface area contributed by atoms with Gasteiger partial charge in [0.25, 0.3) is 0 Å². The van der Waals surface area contributed by atoms with E-state index >= 15 is 0 Å². The van der Waals surface area contributed by atoms with Crippen molar-refractivity contribution in [1.29, 1.82) is 0 Å². The van der Waals surface area contributed by atoms with Crippen LogP contribution in [0.1, 0.15) is 11.3 Å². The van der Waals surface area contributed by atoms with E-state index in [1.165, 1.54) is 9.78 Å². The average Bonchev–Trinajstić information content (AvgIpc) is 3.29. The minimum absolute atomic E-state index is 0. The van der Waals surface area contributed by atoms with Crippen LogP contribution in [0.3, 0.4) is 0 Å². The van der Waals surface area contributed by atoms with Gasteiger partial charge >= 0.3 is 0 Å². The number of aromatic nitrogens is 3. The van der Waals surface area contributed by atoms with Gasteiger partial charge in [-0.15, -0.1) is 40.4 Å². The Hall–Kier alpha value is -1.69. The van der Waals surface area contributed by atoms with Gasteiger partial charge in [-0.25, -0.2) is 4.99 Å². The molecule has 0 aliphatic rings. The molecule has 144 valence electrons. The number of nitrogens with one attached hydrogen (secondary N) is 2. The largest absolute Gasteiger partial charge is 0.356 e. The first kappa shape index (κ1) is 22.4. The number of carbonyl (C=O) groups excluding carboxylic acids is 1. The van der Waals surface area contributed by atoms with E-state index in [-0.39, 0.29) is 36.4 Å². The van der Waals surface area contributed by atoms with Gasteiger partial charge in [0.05, 0.1) is 6.20 Å². The molecule has 10 heteroatoms. The summed E-state index contributed by atoms with van der Waals surface area (Å²) in [4.78, 5) is 19.0. The summed E-state index contributed by atoms with van der Waals surface area (Å²) in [5.41, 5.74) is 0. The summed E-state index contributed by atoms with van der Waals surface area (Å²) < 4.78 is 1.79. The minimum atomic E-state index is -0.0260. The summed E-state index contributed by atoms with van der Waals surface area (Å²) in [6.45, 7) is 2.42. The fourth-order valence-corrected chi connectivity index (χ4v) is 2.73. The molecule has 2 N–H and O–H groups in total. The summed E-state index contributed by atoms with van der Waals surface area (Å²) in [7, 11) is 3.46. The number of aliphatic imine (C=N–C) groups is 1. The molecule has 26 heavy (non-hydrogen) atoms. The van der Waals surface area contributed by atoms with Gasteiger partial charge in [0.15, 0.2) is 5.96 Å². The van der Waals surface area contributed by atoms with E-state index in [1.54, 1.807) is 36.3 Å². The molecule has 0 aliphatic heterocycles. The van der Waals surface area contributed by atoms with Crippen LogP contribution < -0.4 is 10.6 Å². The maximum absolute atomic E-state index is 11.7. The van der Waals surface area contributed by atoms with Gasteiger partial charge in [-0.2, -0.15) is 0 Å². The van der Waals surface area contributed by atoms with Crippen LogP contribution in [0.2, 0.25) is 0 Å². The van der Waals surface area contributed by atoms with Gasteiger partial charge in [-0.05, 0) is 24.3 Å². The predicted molar refractivity (Wildman–Crippen MR) is 115 cm³/mol. The Balaban J connectivity index is 0.00000338. The predicted octanol–water partition coefficient (Wildman–Crippen LogP) is 1.21. The molecule has 0 radical (unpaired) electrons. The quantitative estimate of drug-likeness (QED) is 0.239. The summed E-state index contributed by atoms with van der Waals surface area (Å²) >= 11 is 1.74. The standard InChI is InChI=1S/C16H25N7OS.HI/c1-22(2)15(24)13-19-16(18-8-6-14-5-3-12-25-14)17-7-4-10-23-11-9-20-21-23;/h3,5,9,11-12H,4,6-8,10,13H2,1-2H3,(H2,17,18,19);1H. The van der Waals surface area contributed by atoms with Crippen molar-refractivity contribution < 1.29 is 4.79 Å². The van der Waals surface area contributed by atoms with Crippen molar-refractivity contribution in [2.45, 2.75) is 19.4 Å². The van der Waals surface area contributed by atoms with Gasteiger partial charge in [0.2, 0.25) is 5.91 Å². The Morgan fingerprint density at radius 1 is 1.35 bits per heavy atom. The molecule has 1 amide bonds. The third-order valence-electron chi connectivity index (χ3n) is 3.44. The number of carbonyl (C=O) groups is 1. The van der Waals surface area contributed by atoms with Crippen LogP contribution in [0.15, 0.2) is 34.9 Å². The van der Waals surface area contributed by atoms with Crippen molar-refractivity contribution in [2.75, 3.05) is 33.7 Å². The van der Waals surface area contributed by atoms with Gasteiger partial charge < -0.3 is 15.5 Å². The minimum Gasteiger partial charge on any atom is -0.356 e. The van der Waals surface area contributed by atoms with E-state index in [9.17, 15) is 4.79 Å². The lowest BCUT2D eigenvalue weighted by molar-refractivity contribution is -0.127. The summed E-state index contributed by atoms with van der Waals surface area (Å²) in [6, 6.07) is 4.16. The lowest BCUT2D eigenvalue weighted by Gasteiger charge is -2.13. The van der Waals surface area contributed by atoms with E-state index < -0.39 is 0 Å². The number of hydrogen-bond acceptors (Lipinski definition) is 5. The third kappa shape index (κ3) is 8.61. The zero-order valence-electron chi connectivity index (χ0n) is 15.1. The van der Waals surface area contributed by atoms with Crippen LogP contribution in [-0.4, -0.2) is 65.5 Å². The number of likely N-dealkylation sites (N-methyl/N-ethyl adjacent to an activating group) is 1. The molecule has 0 aromatic carbocycles. The van der Waals surface area contributed by atoms with Crippen molar-refractivity contribution in [3.05, 3.63) is 34.8 Å². The highest BCUT2D eigenvalue weighted by Gasteiger charge is 2.05. The second-order valence-corrected chi connectivity index (χ2v) is 6.69. The van der Waals surface area contributed by atoms with Gasteiger partial charge in [-0.3, -0.25) is 9.48 Å². The fourth-order valence-electron chi connectivity index (χ4n) is 2.02. The molecule has 0 saturated carbocycles. The SMILES string of the molecule is CN(C)C(=O)CN=C(NCCCn1ccnn1)NCCc1cccs1.I. The molecule has 0 spiro atoms. The van der Waals surface area contributed by atoms with Crippen molar-refractivity contribution in [2.24, 2.45) is 4.99 Å². The lowest BCUT2D eigenvalue weighted by Crippen LogP contribution is -2.40. The summed E-state index contributed by atoms with van der Waals surface area (Å²) in [5, 5.41) is 16.3. The van der Waals surface area contributed by atoms with Crippen LogP contribution in [0.4, 0.5) is 0 Å². The van der Waals surface area contributed by atoms with Crippen molar-refractivity contribution in [3.63, 3.8) is 0 Å². The zero-order chi connectivity index (χ0) is 17.9. The number of rotatable bonds is 9. The molecule has 0 atom stereocenters. The second-order valence-electron chi connectivity index (χ2n) is 5.66. The van der Waals surface area contributed by atoms with E-state index in [1.807, 2.05) is 12.3 Å². The van der Waals surface area contributed by atoms with Crippen LogP contribution in [0.25, 0.3) is 0 Å². The van der Waals surface area contributed by atoms with Gasteiger partial charge in [0.1, 0.15) is 6.54 Å². The molecule has 0 saturated heterocycles. The molecule has 0 aliphatic carbocycles. The van der Waals surface area contributed by atoms with Crippen LogP contribution >= 0.6 is 35.3 Å². The number of halogens is 1. The molecule has 2 aromatic heterocycles. The van der Waals surface area contributed by atoms with E-state index in [4.69, 9.17) is 0 Å². The maximum Gasteiger partial charge on any atom is 0.243 e. The van der Waals surface area contributed by atoms with E-state index in [0.717, 1.165) is 32.5 Å². The van der Waals surface area contributed by atoms with Crippen molar-refractivity contribution in [3.8, 4) is 0 Å². The molecule has 2 heterocycles. The molecule has 0 bridgehead atoms. The molecule has 2 aromatic rings. The average molecular weight is 491 g/mol. The molecular weight excluding hydrogens is 465 g/mol. The first-order chi connectivity index (χ1) is 12.1. The Morgan fingerprint density at radius 2 is 2.15 bits per heavy atom. The first-order valence-corrected chi connectivity index (χ1v) is 9.12. The molecule has 2 rings (SSSR count). The highest BCUT2D eigenvalue weighted by Crippen LogP contribution is 2.07. The molecule has 8 nitrogen and oxygen atoms in total. The molecular formula is C16H26IN7OS. The third-order valence-corrected chi connectivity index (χ3v) is 4.38. The second kappa shape index (κ2) is 12.6. The highest BCUT2D eigenvalue weighted by molar-refractivity contribution is 14.0. The molecule has 0 unspecified atom stereocenters. The Labute approximate surface area is 175 Å². The normalized spacial score (nSPS) is 10.9. The smallest absolute Gasteiger partial charge is 0.243 e. The first-order valence-electron chi connectivity index (χ1n) is 8.24. The Morgan fingerprint density at radius 3 is 2.81 bits per heavy atom. The number of amides is 1. The number of aryl methyl sites for hydroxylation is 1. The number of nitrogens with zero attached hydrogens (tertiary/aromatic N) is 5. The van der Waals surface area contributed by atoms with Crippen LogP contribution in [0.5, 0.6) is 0 Å². The lowest BCUT2D eigenvalue weighted by atomic mass is 10.3. The molecule has 0 fully saturated rings. The van der Waals surface area contributed by atoms with Crippen molar-refractivity contribution in [1.82, 2.24) is 30.5 Å². The number of guanidine groups is 1. The zero-order valence-corrected chi connectivity index (χ0v) is 18.2. The van der Waals surface area contributed by atoms with Crippen molar-refractivity contribution >= 4 is 47.2 Å². The van der Waals surface area contributed by atoms with Crippen LogP contribution in [-0.2, 0) is 17.8 Å². The fraction of sp³-hybridized carbons (Fsp3) is 0.500. The highest BCUT2D eigenvalue weighted by atomic mass is 127. The summed E-state index contributed by atoms with van der Waals surface area (Å²) in [5.74, 6) is 0.632.